The molecular formula is C41H39N5O7S. The molecule has 7 rings (SSSR count). The molecule has 54 heavy (non-hydrogen) atoms. The summed E-state index contributed by atoms with van der Waals surface area (Å²) in [6.45, 7) is 1.21. The fraction of sp³-hybridized carbons (Fsp3) is 0.195. The average molecular weight is 746 g/mol. The lowest BCUT2D eigenvalue weighted by Gasteiger charge is -2.32. The zero-order valence-electron chi connectivity index (χ0n) is 29.8. The summed E-state index contributed by atoms with van der Waals surface area (Å²) in [6, 6.07) is 31.7. The third kappa shape index (κ3) is 8.07. The second-order valence-electron chi connectivity index (χ2n) is 13.0. The highest BCUT2D eigenvalue weighted by Crippen LogP contribution is 2.36. The fourth-order valence-corrected chi connectivity index (χ4v) is 8.17. The predicted octanol–water partition coefficient (Wildman–Crippen LogP) is 6.61. The van der Waals surface area contributed by atoms with Gasteiger partial charge in [-0.3, -0.25) is 4.79 Å². The van der Waals surface area contributed by atoms with Gasteiger partial charge in [0.2, 0.25) is 10.0 Å². The molecule has 4 aromatic carbocycles. The zero-order valence-corrected chi connectivity index (χ0v) is 30.6. The first-order valence-corrected chi connectivity index (χ1v) is 18.8. The van der Waals surface area contributed by atoms with Crippen molar-refractivity contribution in [1.29, 1.82) is 0 Å². The molecule has 0 unspecified atom stereocenters. The standard InChI is InChI=1S/C41H39N5O7S/c1-44-28-42-23-34(44)26-45-25-33(20-29-8-11-36(12-9-29)53-41(48)43-22-30-6-4-3-5-7-30)46(54(49,50)38-16-13-35(51-2)14-17-38)24-32-21-31(10-18-39(32)45)40-19-15-37(27-47)52-40/h3-19,21,23,27-28,33H,20,22,24-26H2,1-2H3,(H,43,48)/t33-/m1/s1. The molecule has 0 saturated heterocycles. The highest BCUT2D eigenvalue weighted by Gasteiger charge is 2.37. The maximum atomic E-state index is 14.7. The molecule has 0 bridgehead atoms. The minimum absolute atomic E-state index is 0.0636. The Balaban J connectivity index is 1.22. The van der Waals surface area contributed by atoms with Crippen LogP contribution in [0, 0.1) is 0 Å². The van der Waals surface area contributed by atoms with E-state index in [2.05, 4.69) is 15.2 Å². The summed E-state index contributed by atoms with van der Waals surface area (Å²) in [5, 5.41) is 2.76. The third-order valence-electron chi connectivity index (χ3n) is 9.43. The number of amides is 1. The molecule has 1 amide bonds. The number of hydrogen-bond acceptors (Lipinski definition) is 9. The van der Waals surface area contributed by atoms with Gasteiger partial charge in [-0.05, 0) is 89.8 Å². The average Bonchev–Trinajstić information content (AvgIpc) is 3.81. The maximum absolute atomic E-state index is 14.7. The molecule has 0 radical (unpaired) electrons. The molecule has 0 spiro atoms. The van der Waals surface area contributed by atoms with Crippen molar-refractivity contribution in [2.45, 2.75) is 37.0 Å². The highest BCUT2D eigenvalue weighted by molar-refractivity contribution is 7.89. The largest absolute Gasteiger partial charge is 0.497 e. The highest BCUT2D eigenvalue weighted by atomic mass is 32.2. The van der Waals surface area contributed by atoms with E-state index < -0.39 is 22.2 Å². The minimum atomic E-state index is -4.06. The van der Waals surface area contributed by atoms with Gasteiger partial charge >= 0.3 is 6.09 Å². The lowest BCUT2D eigenvalue weighted by molar-refractivity contribution is 0.110. The van der Waals surface area contributed by atoms with Crippen LogP contribution in [0.4, 0.5) is 10.5 Å². The van der Waals surface area contributed by atoms with E-state index >= 15 is 0 Å². The molecule has 0 aliphatic carbocycles. The van der Waals surface area contributed by atoms with Crippen LogP contribution in [0.25, 0.3) is 11.3 Å². The number of furan rings is 1. The van der Waals surface area contributed by atoms with Crippen LogP contribution in [-0.2, 0) is 43.1 Å². The van der Waals surface area contributed by atoms with Crippen molar-refractivity contribution < 1.29 is 31.9 Å². The number of aldehydes is 1. The number of nitrogens with one attached hydrogen (secondary N) is 1. The van der Waals surface area contributed by atoms with Crippen LogP contribution in [0.5, 0.6) is 11.5 Å². The van der Waals surface area contributed by atoms with Crippen LogP contribution >= 0.6 is 0 Å². The molecule has 6 aromatic rings. The second kappa shape index (κ2) is 15.8. The van der Waals surface area contributed by atoms with Crippen molar-refractivity contribution in [3.8, 4) is 22.8 Å². The van der Waals surface area contributed by atoms with Crippen LogP contribution in [0.2, 0.25) is 0 Å². The van der Waals surface area contributed by atoms with E-state index in [-0.39, 0.29) is 17.2 Å². The molecule has 276 valence electrons. The lowest BCUT2D eigenvalue weighted by atomic mass is 10.1. The van der Waals surface area contributed by atoms with Gasteiger partial charge in [0.15, 0.2) is 12.0 Å². The number of anilines is 1. The van der Waals surface area contributed by atoms with Gasteiger partial charge < -0.3 is 28.7 Å². The van der Waals surface area contributed by atoms with Crippen LogP contribution in [-0.4, -0.2) is 54.3 Å². The van der Waals surface area contributed by atoms with E-state index in [4.69, 9.17) is 13.9 Å². The first-order valence-electron chi connectivity index (χ1n) is 17.3. The molecule has 0 fully saturated rings. The topological polar surface area (TPSA) is 136 Å². The monoisotopic (exact) mass is 745 g/mol. The van der Waals surface area contributed by atoms with Gasteiger partial charge in [-0.1, -0.05) is 42.5 Å². The van der Waals surface area contributed by atoms with Crippen LogP contribution < -0.4 is 19.7 Å². The molecule has 3 heterocycles. The Morgan fingerprint density at radius 3 is 2.39 bits per heavy atom. The summed E-state index contributed by atoms with van der Waals surface area (Å²) in [5.74, 6) is 1.61. The number of imidazole rings is 1. The zero-order chi connectivity index (χ0) is 37.7. The number of aryl methyl sites for hydroxylation is 1. The summed E-state index contributed by atoms with van der Waals surface area (Å²) >= 11 is 0. The van der Waals surface area contributed by atoms with E-state index in [1.807, 2.05) is 72.3 Å². The Bertz CT molecular complexity index is 2340. The number of rotatable bonds is 12. The Morgan fingerprint density at radius 2 is 1.70 bits per heavy atom. The van der Waals surface area contributed by atoms with Crippen molar-refractivity contribution in [2.75, 3.05) is 18.6 Å². The smallest absolute Gasteiger partial charge is 0.412 e. The van der Waals surface area contributed by atoms with Gasteiger partial charge in [0, 0.05) is 50.2 Å². The predicted molar refractivity (Wildman–Crippen MR) is 203 cm³/mol. The van der Waals surface area contributed by atoms with Gasteiger partial charge in [0.1, 0.15) is 17.3 Å². The van der Waals surface area contributed by atoms with Gasteiger partial charge in [-0.15, -0.1) is 0 Å². The summed E-state index contributed by atoms with van der Waals surface area (Å²) in [5.41, 5.74) is 5.10. The number of nitrogens with zero attached hydrogens (tertiary/aromatic N) is 4. The Kier molecular flexibility index (Phi) is 10.6. The first-order chi connectivity index (χ1) is 26.2. The Labute approximate surface area is 313 Å². The van der Waals surface area contributed by atoms with Crippen LogP contribution in [0.1, 0.15) is 32.9 Å². The number of ether oxygens (including phenoxy) is 2. The third-order valence-corrected chi connectivity index (χ3v) is 11.3. The van der Waals surface area contributed by atoms with Crippen molar-refractivity contribution in [3.63, 3.8) is 0 Å². The maximum Gasteiger partial charge on any atom is 0.412 e. The van der Waals surface area contributed by atoms with Crippen molar-refractivity contribution in [3.05, 3.63) is 150 Å². The molecule has 12 nitrogen and oxygen atoms in total. The number of sulfonamides is 1. The van der Waals surface area contributed by atoms with E-state index in [0.29, 0.717) is 55.2 Å². The number of methoxy groups -OCH3 is 1. The Hall–Kier alpha value is -6.18. The Morgan fingerprint density at radius 1 is 0.944 bits per heavy atom. The summed E-state index contributed by atoms with van der Waals surface area (Å²) < 4.78 is 49.5. The van der Waals surface area contributed by atoms with Gasteiger partial charge in [-0.2, -0.15) is 4.31 Å². The second-order valence-corrected chi connectivity index (χ2v) is 14.9. The van der Waals surface area contributed by atoms with E-state index in [1.54, 1.807) is 65.4 Å². The van der Waals surface area contributed by atoms with Crippen LogP contribution in [0.15, 0.2) is 131 Å². The van der Waals surface area contributed by atoms with Crippen LogP contribution in [0.3, 0.4) is 0 Å². The van der Waals surface area contributed by atoms with Crippen molar-refractivity contribution in [2.24, 2.45) is 7.05 Å². The molecule has 1 aliphatic rings. The molecule has 0 saturated carbocycles. The van der Waals surface area contributed by atoms with Gasteiger partial charge in [-0.25, -0.2) is 18.2 Å². The minimum Gasteiger partial charge on any atom is -0.497 e. The first kappa shape index (κ1) is 36.2. The molecular weight excluding hydrogens is 707 g/mol. The van der Waals surface area contributed by atoms with E-state index in [1.165, 1.54) is 7.11 Å². The summed E-state index contributed by atoms with van der Waals surface area (Å²) in [6.07, 6.45) is 3.97. The molecule has 1 atom stereocenters. The SMILES string of the molecule is COc1ccc(S(=O)(=O)N2Cc3cc(-c4ccc(C=O)o4)ccc3N(Cc3cncn3C)C[C@H]2Cc2ccc(OC(=O)NCc3ccccc3)cc2)cc1. The summed E-state index contributed by atoms with van der Waals surface area (Å²) in [7, 11) is -0.603. The fourth-order valence-electron chi connectivity index (χ4n) is 6.58. The molecule has 2 aromatic heterocycles. The van der Waals surface area contributed by atoms with Crippen molar-refractivity contribution >= 4 is 28.1 Å². The van der Waals surface area contributed by atoms with Gasteiger partial charge in [0.25, 0.3) is 0 Å². The number of benzene rings is 4. The summed E-state index contributed by atoms with van der Waals surface area (Å²) in [4.78, 5) is 30.6. The van der Waals surface area contributed by atoms with E-state index in [0.717, 1.165) is 28.1 Å². The number of aromatic nitrogens is 2. The molecule has 1 aliphatic heterocycles. The number of hydrogen-bond donors (Lipinski definition) is 1. The quantitative estimate of drug-likeness (QED) is 0.137. The normalized spacial score (nSPS) is 14.6. The molecule has 1 N–H and O–H groups in total. The molecule has 13 heteroatoms. The van der Waals surface area contributed by atoms with Gasteiger partial charge in [0.05, 0.1) is 30.6 Å². The lowest BCUT2D eigenvalue weighted by Crippen LogP contribution is -2.45. The van der Waals surface area contributed by atoms with Crippen molar-refractivity contribution in [1.82, 2.24) is 19.2 Å². The number of fused-ring (bicyclic) bond motifs is 1. The number of carbonyl (C=O) groups excluding carboxylic acids is 2. The number of carbonyl (C=O) groups is 2. The van der Waals surface area contributed by atoms with E-state index in [9.17, 15) is 18.0 Å².